The lowest BCUT2D eigenvalue weighted by molar-refractivity contribution is -0.918. The van der Waals surface area contributed by atoms with Gasteiger partial charge in [0.15, 0.2) is 5.78 Å². The van der Waals surface area contributed by atoms with Gasteiger partial charge in [0.05, 0.1) is 20.2 Å². The summed E-state index contributed by atoms with van der Waals surface area (Å²) in [6, 6.07) is 5.74. The van der Waals surface area contributed by atoms with Crippen LogP contribution in [-0.4, -0.2) is 26.0 Å². The number of hydrogen-bond donors (Lipinski definition) is 1. The smallest absolute Gasteiger partial charge is 0.159 e. The minimum atomic E-state index is 0.118. The molecule has 1 heterocycles. The number of hydrogen-bond acceptors (Lipinski definition) is 2. The Balaban J connectivity index is 2.17. The number of carbonyl (C=O) groups excluding carboxylic acids is 1. The van der Waals surface area contributed by atoms with Crippen LogP contribution in [0.25, 0.3) is 0 Å². The Morgan fingerprint density at radius 2 is 2.00 bits per heavy atom. The SMILES string of the molecule is COc1ccc(C(C)=O)cc1C[NH+]1CCCCC1. The summed E-state index contributed by atoms with van der Waals surface area (Å²) in [7, 11) is 1.69. The third kappa shape index (κ3) is 3.10. The number of ketones is 1. The van der Waals surface area contributed by atoms with Crippen molar-refractivity contribution in [2.24, 2.45) is 0 Å². The molecule has 1 aliphatic heterocycles. The summed E-state index contributed by atoms with van der Waals surface area (Å²) >= 11 is 0. The van der Waals surface area contributed by atoms with Gasteiger partial charge in [-0.25, -0.2) is 0 Å². The van der Waals surface area contributed by atoms with Gasteiger partial charge in [0.2, 0.25) is 0 Å². The van der Waals surface area contributed by atoms with E-state index in [4.69, 9.17) is 4.74 Å². The first-order valence-corrected chi connectivity index (χ1v) is 6.72. The number of likely N-dealkylation sites (tertiary alicyclic amines) is 1. The minimum absolute atomic E-state index is 0.118. The molecule has 0 amide bonds. The zero-order valence-electron chi connectivity index (χ0n) is 11.3. The molecule has 3 nitrogen and oxygen atoms in total. The average Bonchev–Trinajstić information content (AvgIpc) is 2.39. The zero-order valence-corrected chi connectivity index (χ0v) is 11.3. The topological polar surface area (TPSA) is 30.7 Å². The average molecular weight is 248 g/mol. The third-order valence-corrected chi connectivity index (χ3v) is 3.69. The van der Waals surface area contributed by atoms with Gasteiger partial charge in [0, 0.05) is 11.1 Å². The molecular formula is C15H22NO2+. The predicted octanol–water partition coefficient (Wildman–Crippen LogP) is 1.47. The van der Waals surface area contributed by atoms with Crippen LogP contribution in [0.15, 0.2) is 18.2 Å². The summed E-state index contributed by atoms with van der Waals surface area (Å²) in [6.07, 6.45) is 3.97. The van der Waals surface area contributed by atoms with Gasteiger partial charge >= 0.3 is 0 Å². The van der Waals surface area contributed by atoms with E-state index in [-0.39, 0.29) is 5.78 Å². The summed E-state index contributed by atoms with van der Waals surface area (Å²) in [4.78, 5) is 13.0. The maximum absolute atomic E-state index is 11.4. The van der Waals surface area contributed by atoms with Crippen molar-refractivity contribution in [2.75, 3.05) is 20.2 Å². The Kier molecular flexibility index (Phi) is 4.37. The first-order valence-electron chi connectivity index (χ1n) is 6.72. The number of benzene rings is 1. The highest BCUT2D eigenvalue weighted by molar-refractivity contribution is 5.94. The van der Waals surface area contributed by atoms with Crippen LogP contribution in [0, 0.1) is 0 Å². The Hall–Kier alpha value is -1.35. The summed E-state index contributed by atoms with van der Waals surface area (Å²) in [5.74, 6) is 1.02. The molecule has 0 aromatic heterocycles. The Bertz CT molecular complexity index is 423. The van der Waals surface area contributed by atoms with E-state index in [0.29, 0.717) is 0 Å². The highest BCUT2D eigenvalue weighted by atomic mass is 16.5. The van der Waals surface area contributed by atoms with Crippen molar-refractivity contribution >= 4 is 5.78 Å². The van der Waals surface area contributed by atoms with Gasteiger partial charge < -0.3 is 9.64 Å². The van der Waals surface area contributed by atoms with Crippen LogP contribution in [0.1, 0.15) is 42.1 Å². The number of rotatable bonds is 4. The molecule has 0 atom stereocenters. The number of piperidine rings is 1. The first-order chi connectivity index (χ1) is 8.70. The molecule has 0 bridgehead atoms. The molecule has 3 heteroatoms. The molecule has 0 saturated carbocycles. The van der Waals surface area contributed by atoms with Gasteiger partial charge in [-0.05, 0) is 44.4 Å². The molecule has 1 fully saturated rings. The lowest BCUT2D eigenvalue weighted by atomic mass is 10.0. The number of methoxy groups -OCH3 is 1. The highest BCUT2D eigenvalue weighted by Gasteiger charge is 2.17. The molecule has 0 aliphatic carbocycles. The third-order valence-electron chi connectivity index (χ3n) is 3.69. The molecule has 0 unspecified atom stereocenters. The minimum Gasteiger partial charge on any atom is -0.496 e. The van der Waals surface area contributed by atoms with Crippen LogP contribution in [0.5, 0.6) is 5.75 Å². The molecule has 1 N–H and O–H groups in total. The van der Waals surface area contributed by atoms with Crippen LogP contribution in [0.2, 0.25) is 0 Å². The zero-order chi connectivity index (χ0) is 13.0. The van der Waals surface area contributed by atoms with Crippen LogP contribution in [0.3, 0.4) is 0 Å². The molecule has 98 valence electrons. The van der Waals surface area contributed by atoms with Gasteiger partial charge in [-0.1, -0.05) is 0 Å². The van der Waals surface area contributed by atoms with E-state index < -0.39 is 0 Å². The first kappa shape index (κ1) is 13.1. The molecule has 0 spiro atoms. The normalized spacial score (nSPS) is 16.6. The van der Waals surface area contributed by atoms with Crippen molar-refractivity contribution in [1.29, 1.82) is 0 Å². The standard InChI is InChI=1S/C15H21NO2/c1-12(17)13-6-7-15(18-2)14(10-13)11-16-8-4-3-5-9-16/h6-7,10H,3-5,8-9,11H2,1-2H3/p+1. The monoisotopic (exact) mass is 248 g/mol. The Labute approximate surface area is 109 Å². The highest BCUT2D eigenvalue weighted by Crippen LogP contribution is 2.19. The maximum atomic E-state index is 11.4. The van der Waals surface area contributed by atoms with Crippen molar-refractivity contribution < 1.29 is 14.4 Å². The Morgan fingerprint density at radius 1 is 1.28 bits per heavy atom. The number of quaternary nitrogens is 1. The Morgan fingerprint density at radius 3 is 2.61 bits per heavy atom. The lowest BCUT2D eigenvalue weighted by Gasteiger charge is -2.24. The second kappa shape index (κ2) is 6.01. The number of carbonyl (C=O) groups is 1. The van der Waals surface area contributed by atoms with Gasteiger partial charge in [0.25, 0.3) is 0 Å². The van der Waals surface area contributed by atoms with E-state index in [1.807, 2.05) is 18.2 Å². The van der Waals surface area contributed by atoms with Crippen LogP contribution >= 0.6 is 0 Å². The van der Waals surface area contributed by atoms with Crippen molar-refractivity contribution in [3.63, 3.8) is 0 Å². The fourth-order valence-electron chi connectivity index (χ4n) is 2.63. The van der Waals surface area contributed by atoms with Gasteiger partial charge in [-0.2, -0.15) is 0 Å². The maximum Gasteiger partial charge on any atom is 0.159 e. The van der Waals surface area contributed by atoms with Crippen LogP contribution in [-0.2, 0) is 6.54 Å². The second-order valence-electron chi connectivity index (χ2n) is 5.07. The fourth-order valence-corrected chi connectivity index (χ4v) is 2.63. The van der Waals surface area contributed by atoms with E-state index in [9.17, 15) is 4.79 Å². The summed E-state index contributed by atoms with van der Waals surface area (Å²) in [5, 5.41) is 0. The van der Waals surface area contributed by atoms with Crippen molar-refractivity contribution in [2.45, 2.75) is 32.7 Å². The van der Waals surface area contributed by atoms with Gasteiger partial charge in [0.1, 0.15) is 12.3 Å². The molecule has 18 heavy (non-hydrogen) atoms. The van der Waals surface area contributed by atoms with Gasteiger partial charge in [-0.15, -0.1) is 0 Å². The van der Waals surface area contributed by atoms with Crippen LogP contribution in [0.4, 0.5) is 0 Å². The quantitative estimate of drug-likeness (QED) is 0.818. The van der Waals surface area contributed by atoms with E-state index in [1.54, 1.807) is 18.9 Å². The van der Waals surface area contributed by atoms with Crippen LogP contribution < -0.4 is 9.64 Å². The summed E-state index contributed by atoms with van der Waals surface area (Å²) < 4.78 is 5.40. The fraction of sp³-hybridized carbons (Fsp3) is 0.533. The summed E-state index contributed by atoms with van der Waals surface area (Å²) in [5.41, 5.74) is 1.93. The number of ether oxygens (including phenoxy) is 1. The second-order valence-corrected chi connectivity index (χ2v) is 5.07. The molecule has 1 aliphatic rings. The number of Topliss-reactive ketones (excluding diaryl/α,β-unsaturated/α-hetero) is 1. The molecular weight excluding hydrogens is 226 g/mol. The molecule has 0 radical (unpaired) electrons. The van der Waals surface area contributed by atoms with E-state index in [2.05, 4.69) is 0 Å². The molecule has 1 saturated heterocycles. The molecule has 1 aromatic rings. The number of nitrogens with one attached hydrogen (secondary N) is 1. The van der Waals surface area contributed by atoms with Crippen molar-refractivity contribution in [3.05, 3.63) is 29.3 Å². The van der Waals surface area contributed by atoms with E-state index in [0.717, 1.165) is 23.4 Å². The predicted molar refractivity (Wildman–Crippen MR) is 71.3 cm³/mol. The molecule has 2 rings (SSSR count). The molecule has 1 aromatic carbocycles. The van der Waals surface area contributed by atoms with E-state index >= 15 is 0 Å². The van der Waals surface area contributed by atoms with Crippen molar-refractivity contribution in [1.82, 2.24) is 0 Å². The summed E-state index contributed by atoms with van der Waals surface area (Å²) in [6.45, 7) is 5.03. The van der Waals surface area contributed by atoms with E-state index in [1.165, 1.54) is 32.4 Å². The lowest BCUT2D eigenvalue weighted by Crippen LogP contribution is -3.11. The van der Waals surface area contributed by atoms with Gasteiger partial charge in [-0.3, -0.25) is 4.79 Å². The largest absolute Gasteiger partial charge is 0.496 e. The van der Waals surface area contributed by atoms with Crippen molar-refractivity contribution in [3.8, 4) is 5.75 Å².